The predicted molar refractivity (Wildman–Crippen MR) is 83.9 cm³/mol. The van der Waals surface area contributed by atoms with Crippen LogP contribution in [-0.2, 0) is 0 Å². The minimum absolute atomic E-state index is 0.751. The third kappa shape index (κ3) is 4.22. The Balaban J connectivity index is 1.73. The van der Waals surface area contributed by atoms with Gasteiger partial charge in [-0.1, -0.05) is 28.4 Å². The fourth-order valence-electron chi connectivity index (χ4n) is 2.68. The fourth-order valence-corrected chi connectivity index (χ4v) is 3.03. The molecule has 1 heterocycles. The third-order valence-corrected chi connectivity index (χ3v) is 4.86. The number of rotatable bonds is 5. The standard InChI is InChI=1S/C16H24BrNO/c1-13-7-3-4-10-18(13)11-6-12-19-16-9-5-8-15(17)14(16)2/h5,8-9,13H,3-4,6-7,10-12H2,1-2H3. The lowest BCUT2D eigenvalue weighted by Crippen LogP contribution is -2.38. The summed E-state index contributed by atoms with van der Waals surface area (Å²) in [6.45, 7) is 7.66. The van der Waals surface area contributed by atoms with Crippen molar-refractivity contribution in [3.8, 4) is 5.75 Å². The molecule has 0 spiro atoms. The van der Waals surface area contributed by atoms with Gasteiger partial charge >= 0.3 is 0 Å². The van der Waals surface area contributed by atoms with Gasteiger partial charge in [-0.05, 0) is 51.8 Å². The lowest BCUT2D eigenvalue weighted by molar-refractivity contribution is 0.148. The molecule has 1 aliphatic heterocycles. The average Bonchev–Trinajstić information content (AvgIpc) is 2.41. The van der Waals surface area contributed by atoms with Gasteiger partial charge in [-0.25, -0.2) is 0 Å². The summed E-state index contributed by atoms with van der Waals surface area (Å²) < 4.78 is 7.01. The van der Waals surface area contributed by atoms with E-state index in [-0.39, 0.29) is 0 Å². The molecule has 1 unspecified atom stereocenters. The van der Waals surface area contributed by atoms with Crippen LogP contribution in [0.5, 0.6) is 5.75 Å². The highest BCUT2D eigenvalue weighted by atomic mass is 79.9. The van der Waals surface area contributed by atoms with Crippen LogP contribution >= 0.6 is 15.9 Å². The van der Waals surface area contributed by atoms with E-state index < -0.39 is 0 Å². The van der Waals surface area contributed by atoms with Gasteiger partial charge in [-0.15, -0.1) is 0 Å². The molecule has 1 aliphatic rings. The first-order valence-electron chi connectivity index (χ1n) is 7.30. The maximum absolute atomic E-state index is 5.89. The molecule has 2 nitrogen and oxygen atoms in total. The van der Waals surface area contributed by atoms with Crippen molar-refractivity contribution in [1.82, 2.24) is 4.90 Å². The Morgan fingerprint density at radius 3 is 3.00 bits per heavy atom. The normalized spacial score (nSPS) is 20.5. The van der Waals surface area contributed by atoms with E-state index in [0.717, 1.165) is 35.8 Å². The van der Waals surface area contributed by atoms with Gasteiger partial charge in [0.15, 0.2) is 0 Å². The van der Waals surface area contributed by atoms with Crippen LogP contribution in [0.4, 0.5) is 0 Å². The van der Waals surface area contributed by atoms with Gasteiger partial charge in [-0.3, -0.25) is 0 Å². The first-order valence-corrected chi connectivity index (χ1v) is 8.10. The maximum Gasteiger partial charge on any atom is 0.123 e. The summed E-state index contributed by atoms with van der Waals surface area (Å²) in [5.41, 5.74) is 1.19. The fraction of sp³-hybridized carbons (Fsp3) is 0.625. The molecule has 1 atom stereocenters. The molecule has 0 amide bonds. The predicted octanol–water partition coefficient (Wildman–Crippen LogP) is 4.40. The number of hydrogen-bond acceptors (Lipinski definition) is 2. The molecular weight excluding hydrogens is 302 g/mol. The van der Waals surface area contributed by atoms with E-state index in [2.05, 4.69) is 40.7 Å². The van der Waals surface area contributed by atoms with Gasteiger partial charge in [0, 0.05) is 22.6 Å². The molecule has 0 bridgehead atoms. The van der Waals surface area contributed by atoms with Crippen LogP contribution in [0.2, 0.25) is 0 Å². The number of nitrogens with zero attached hydrogens (tertiary/aromatic N) is 1. The highest BCUT2D eigenvalue weighted by Crippen LogP contribution is 2.25. The second-order valence-corrected chi connectivity index (χ2v) is 6.30. The van der Waals surface area contributed by atoms with Gasteiger partial charge < -0.3 is 9.64 Å². The number of ether oxygens (including phenoxy) is 1. The third-order valence-electron chi connectivity index (χ3n) is 4.01. The number of halogens is 1. The minimum Gasteiger partial charge on any atom is -0.493 e. The first kappa shape index (κ1) is 14.9. The maximum atomic E-state index is 5.89. The van der Waals surface area contributed by atoms with E-state index >= 15 is 0 Å². The molecule has 0 aromatic heterocycles. The van der Waals surface area contributed by atoms with Crippen LogP contribution in [0.25, 0.3) is 0 Å². The van der Waals surface area contributed by atoms with Crippen molar-refractivity contribution in [2.75, 3.05) is 19.7 Å². The van der Waals surface area contributed by atoms with Gasteiger partial charge in [0.05, 0.1) is 6.61 Å². The SMILES string of the molecule is Cc1c(Br)cccc1OCCCN1CCCCC1C. The molecule has 1 fully saturated rings. The number of hydrogen-bond donors (Lipinski definition) is 0. The van der Waals surface area contributed by atoms with E-state index in [1.54, 1.807) is 0 Å². The summed E-state index contributed by atoms with van der Waals surface area (Å²) in [7, 11) is 0. The molecule has 1 aromatic carbocycles. The monoisotopic (exact) mass is 325 g/mol. The minimum atomic E-state index is 0.751. The molecule has 3 heteroatoms. The van der Waals surface area contributed by atoms with Crippen LogP contribution in [0.15, 0.2) is 22.7 Å². The quantitative estimate of drug-likeness (QED) is 0.744. The van der Waals surface area contributed by atoms with Gasteiger partial charge in [-0.2, -0.15) is 0 Å². The number of piperidine rings is 1. The second-order valence-electron chi connectivity index (χ2n) is 5.45. The zero-order valence-corrected chi connectivity index (χ0v) is 13.6. The Kier molecular flexibility index (Phi) is 5.71. The highest BCUT2D eigenvalue weighted by molar-refractivity contribution is 9.10. The van der Waals surface area contributed by atoms with Crippen LogP contribution in [0.3, 0.4) is 0 Å². The Labute approximate surface area is 125 Å². The Hall–Kier alpha value is -0.540. The molecule has 0 radical (unpaired) electrons. The van der Waals surface area contributed by atoms with Gasteiger partial charge in [0.2, 0.25) is 0 Å². The van der Waals surface area contributed by atoms with Crippen molar-refractivity contribution in [1.29, 1.82) is 0 Å². The van der Waals surface area contributed by atoms with E-state index in [1.807, 2.05) is 12.1 Å². The van der Waals surface area contributed by atoms with Crippen molar-refractivity contribution < 1.29 is 4.74 Å². The van der Waals surface area contributed by atoms with Crippen molar-refractivity contribution in [2.45, 2.75) is 45.6 Å². The molecular formula is C16H24BrNO. The van der Waals surface area contributed by atoms with Crippen molar-refractivity contribution in [3.05, 3.63) is 28.2 Å². The zero-order valence-electron chi connectivity index (χ0n) is 12.0. The molecule has 106 valence electrons. The summed E-state index contributed by atoms with van der Waals surface area (Å²) in [5, 5.41) is 0. The first-order chi connectivity index (χ1) is 9.18. The summed E-state index contributed by atoms with van der Waals surface area (Å²) in [6.07, 6.45) is 5.21. The van der Waals surface area contributed by atoms with E-state index in [4.69, 9.17) is 4.74 Å². The van der Waals surface area contributed by atoms with Crippen molar-refractivity contribution in [3.63, 3.8) is 0 Å². The summed E-state index contributed by atoms with van der Waals surface area (Å²) in [5.74, 6) is 1.00. The Morgan fingerprint density at radius 2 is 2.21 bits per heavy atom. The van der Waals surface area contributed by atoms with Gasteiger partial charge in [0.1, 0.15) is 5.75 Å². The van der Waals surface area contributed by atoms with E-state index in [1.165, 1.54) is 31.4 Å². The number of benzene rings is 1. The van der Waals surface area contributed by atoms with Crippen LogP contribution in [0, 0.1) is 6.92 Å². The van der Waals surface area contributed by atoms with Crippen molar-refractivity contribution >= 4 is 15.9 Å². The summed E-state index contributed by atoms with van der Waals surface area (Å²) >= 11 is 3.54. The molecule has 19 heavy (non-hydrogen) atoms. The van der Waals surface area contributed by atoms with Crippen LogP contribution in [-0.4, -0.2) is 30.6 Å². The second kappa shape index (κ2) is 7.30. The molecule has 1 aromatic rings. The molecule has 0 aliphatic carbocycles. The topological polar surface area (TPSA) is 12.5 Å². The van der Waals surface area contributed by atoms with Gasteiger partial charge in [0.25, 0.3) is 0 Å². The van der Waals surface area contributed by atoms with E-state index in [0.29, 0.717) is 0 Å². The summed E-state index contributed by atoms with van der Waals surface area (Å²) in [6, 6.07) is 6.88. The summed E-state index contributed by atoms with van der Waals surface area (Å²) in [4.78, 5) is 2.60. The zero-order chi connectivity index (χ0) is 13.7. The lowest BCUT2D eigenvalue weighted by Gasteiger charge is -2.33. The lowest BCUT2D eigenvalue weighted by atomic mass is 10.0. The Bertz CT molecular complexity index is 408. The average molecular weight is 326 g/mol. The smallest absolute Gasteiger partial charge is 0.123 e. The number of likely N-dealkylation sites (tertiary alicyclic amines) is 1. The molecule has 1 saturated heterocycles. The molecule has 2 rings (SSSR count). The van der Waals surface area contributed by atoms with E-state index in [9.17, 15) is 0 Å². The van der Waals surface area contributed by atoms with Crippen molar-refractivity contribution in [2.24, 2.45) is 0 Å². The molecule has 0 saturated carbocycles. The van der Waals surface area contributed by atoms with Crippen LogP contribution < -0.4 is 4.74 Å². The molecule has 0 N–H and O–H groups in total. The Morgan fingerprint density at radius 1 is 1.37 bits per heavy atom. The largest absolute Gasteiger partial charge is 0.493 e. The van der Waals surface area contributed by atoms with Crippen LogP contribution in [0.1, 0.15) is 38.2 Å². The highest BCUT2D eigenvalue weighted by Gasteiger charge is 2.17.